The first-order valence-corrected chi connectivity index (χ1v) is 19.6. The summed E-state index contributed by atoms with van der Waals surface area (Å²) < 4.78 is 56.7. The number of aliphatic hydroxyl groups is 1. The van der Waals surface area contributed by atoms with Gasteiger partial charge in [0.25, 0.3) is 0 Å². The SMILES string of the molecule is CCc1c(F)ccc2cc(O)cc(-c3nc(OC)c4c(N5CCOCC(C)(O)C5)cc(OCC56CCCC5N(CC5C7COCC75)CCC6)nc4c3F)c12. The monoisotopic (exact) mass is 744 g/mol. The number of methoxy groups -OCH3 is 1. The molecule has 9 rings (SSSR count). The number of pyridine rings is 2. The fraction of sp³-hybridized carbons (Fsp3) is 0.571. The van der Waals surface area contributed by atoms with Crippen molar-refractivity contribution in [2.75, 3.05) is 71.2 Å². The molecule has 0 bridgehead atoms. The van der Waals surface area contributed by atoms with E-state index in [1.54, 1.807) is 13.0 Å². The Kier molecular flexibility index (Phi) is 9.11. The predicted octanol–water partition coefficient (Wildman–Crippen LogP) is 6.50. The molecule has 5 heterocycles. The Morgan fingerprint density at radius 1 is 1.02 bits per heavy atom. The van der Waals surface area contributed by atoms with Gasteiger partial charge >= 0.3 is 0 Å². The van der Waals surface area contributed by atoms with E-state index in [4.69, 9.17) is 28.9 Å². The quantitative estimate of drug-likeness (QED) is 0.197. The molecule has 2 N–H and O–H groups in total. The highest BCUT2D eigenvalue weighted by molar-refractivity contribution is 6.03. The summed E-state index contributed by atoms with van der Waals surface area (Å²) in [6, 6.07) is 8.12. The van der Waals surface area contributed by atoms with Crippen LogP contribution < -0.4 is 14.4 Å². The molecule has 3 aliphatic heterocycles. The van der Waals surface area contributed by atoms with Gasteiger partial charge < -0.3 is 34.1 Å². The topological polar surface area (TPSA) is 110 Å². The number of aryl methyl sites for hydroxylation is 1. The molecule has 5 unspecified atom stereocenters. The Labute approximate surface area is 314 Å². The molecule has 5 aliphatic rings. The lowest BCUT2D eigenvalue weighted by molar-refractivity contribution is -0.0123. The largest absolute Gasteiger partial charge is 0.508 e. The van der Waals surface area contributed by atoms with Crippen LogP contribution in [0.5, 0.6) is 17.5 Å². The number of rotatable bonds is 9. The van der Waals surface area contributed by atoms with Gasteiger partial charge in [0.1, 0.15) is 28.4 Å². The summed E-state index contributed by atoms with van der Waals surface area (Å²) in [5.41, 5.74) is -0.155. The third-order valence-corrected chi connectivity index (χ3v) is 13.1. The van der Waals surface area contributed by atoms with E-state index in [0.29, 0.717) is 71.5 Å². The zero-order valence-corrected chi connectivity index (χ0v) is 31.4. The van der Waals surface area contributed by atoms with Gasteiger partial charge in [0.05, 0.1) is 51.2 Å². The van der Waals surface area contributed by atoms with Gasteiger partial charge in [-0.1, -0.05) is 19.4 Å². The first kappa shape index (κ1) is 35.8. The number of β-amino-alcohol motifs (C(OH)–C–C–N with tert-alkyl or cyclic N) is 1. The molecule has 5 fully saturated rings. The number of aromatic hydroxyl groups is 1. The third-order valence-electron chi connectivity index (χ3n) is 13.1. The van der Waals surface area contributed by atoms with Gasteiger partial charge in [0.2, 0.25) is 11.8 Å². The van der Waals surface area contributed by atoms with Crippen LogP contribution in [-0.4, -0.2) is 103 Å². The highest BCUT2D eigenvalue weighted by Crippen LogP contribution is 2.54. The molecule has 54 heavy (non-hydrogen) atoms. The lowest BCUT2D eigenvalue weighted by atomic mass is 9.75. The second-order valence-corrected chi connectivity index (χ2v) is 16.6. The average molecular weight is 745 g/mol. The van der Waals surface area contributed by atoms with Gasteiger partial charge in [-0.25, -0.2) is 18.7 Å². The highest BCUT2D eigenvalue weighted by Gasteiger charge is 2.56. The number of hydrogen-bond acceptors (Lipinski definition) is 10. The fourth-order valence-corrected chi connectivity index (χ4v) is 10.4. The summed E-state index contributed by atoms with van der Waals surface area (Å²) in [5, 5.41) is 23.4. The van der Waals surface area contributed by atoms with Gasteiger partial charge in [-0.2, -0.15) is 0 Å². The second kappa shape index (κ2) is 13.7. The molecule has 3 saturated heterocycles. The normalized spacial score (nSPS) is 29.7. The van der Waals surface area contributed by atoms with Crippen molar-refractivity contribution in [1.29, 1.82) is 0 Å². The van der Waals surface area contributed by atoms with Crippen LogP contribution in [0.3, 0.4) is 0 Å². The maximum Gasteiger partial charge on any atom is 0.225 e. The lowest BCUT2D eigenvalue weighted by Crippen LogP contribution is -2.52. The Bertz CT molecular complexity index is 2090. The summed E-state index contributed by atoms with van der Waals surface area (Å²) in [5.74, 6) is 1.26. The molecular weight excluding hydrogens is 694 g/mol. The van der Waals surface area contributed by atoms with E-state index < -0.39 is 17.2 Å². The van der Waals surface area contributed by atoms with Crippen molar-refractivity contribution in [1.82, 2.24) is 14.9 Å². The number of piperidine rings is 1. The van der Waals surface area contributed by atoms with Crippen LogP contribution in [-0.2, 0) is 15.9 Å². The van der Waals surface area contributed by atoms with Gasteiger partial charge in [0.15, 0.2) is 5.82 Å². The van der Waals surface area contributed by atoms with Gasteiger partial charge in [-0.05, 0) is 97.9 Å². The molecule has 2 aliphatic carbocycles. The number of phenolic OH excluding ortho intramolecular Hbond substituents is 1. The van der Waals surface area contributed by atoms with E-state index in [2.05, 4.69) is 4.90 Å². The van der Waals surface area contributed by atoms with Crippen molar-refractivity contribution >= 4 is 27.4 Å². The van der Waals surface area contributed by atoms with Gasteiger partial charge in [-0.15, -0.1) is 0 Å². The molecule has 2 saturated carbocycles. The first-order valence-electron chi connectivity index (χ1n) is 19.6. The van der Waals surface area contributed by atoms with Crippen molar-refractivity contribution < 1.29 is 37.9 Å². The number of phenols is 1. The fourth-order valence-electron chi connectivity index (χ4n) is 10.4. The van der Waals surface area contributed by atoms with Crippen LogP contribution in [0.15, 0.2) is 30.3 Å². The Morgan fingerprint density at radius 3 is 2.63 bits per heavy atom. The molecule has 2 aromatic carbocycles. The van der Waals surface area contributed by atoms with Crippen molar-refractivity contribution in [2.24, 2.45) is 23.2 Å². The van der Waals surface area contributed by atoms with Crippen LogP contribution in [0.1, 0.15) is 51.5 Å². The third kappa shape index (κ3) is 6.13. The van der Waals surface area contributed by atoms with E-state index in [1.807, 2.05) is 17.9 Å². The van der Waals surface area contributed by atoms with E-state index in [9.17, 15) is 10.2 Å². The van der Waals surface area contributed by atoms with Gasteiger partial charge in [-0.3, -0.25) is 4.90 Å². The number of aromatic nitrogens is 2. The number of anilines is 1. The highest BCUT2D eigenvalue weighted by atomic mass is 19.1. The summed E-state index contributed by atoms with van der Waals surface area (Å²) in [4.78, 5) is 14.2. The van der Waals surface area contributed by atoms with Crippen LogP contribution in [0.25, 0.3) is 32.9 Å². The molecule has 0 spiro atoms. The Morgan fingerprint density at radius 2 is 1.83 bits per heavy atom. The number of benzene rings is 2. The van der Waals surface area contributed by atoms with Crippen LogP contribution in [0.4, 0.5) is 14.5 Å². The van der Waals surface area contributed by atoms with Crippen molar-refractivity contribution in [2.45, 2.75) is 64.0 Å². The molecule has 288 valence electrons. The van der Waals surface area contributed by atoms with Crippen molar-refractivity contribution in [3.8, 4) is 28.8 Å². The second-order valence-electron chi connectivity index (χ2n) is 16.6. The molecule has 0 radical (unpaired) electrons. The van der Waals surface area contributed by atoms with Crippen molar-refractivity contribution in [3.05, 3.63) is 47.5 Å². The Balaban J connectivity index is 1.15. The number of halogens is 2. The number of likely N-dealkylation sites (tertiary alicyclic amines) is 1. The molecule has 0 amide bonds. The number of nitrogens with zero attached hydrogens (tertiary/aromatic N) is 4. The predicted molar refractivity (Wildman–Crippen MR) is 201 cm³/mol. The molecule has 4 aromatic rings. The first-order chi connectivity index (χ1) is 26.1. The minimum Gasteiger partial charge on any atom is -0.508 e. The van der Waals surface area contributed by atoms with Crippen molar-refractivity contribution in [3.63, 3.8) is 0 Å². The van der Waals surface area contributed by atoms with Crippen LogP contribution in [0.2, 0.25) is 0 Å². The summed E-state index contributed by atoms with van der Waals surface area (Å²) in [6.07, 6.45) is 5.87. The van der Waals surface area contributed by atoms with Crippen LogP contribution >= 0.6 is 0 Å². The molecule has 2 aromatic heterocycles. The number of fused-ring (bicyclic) bond motifs is 4. The summed E-state index contributed by atoms with van der Waals surface area (Å²) >= 11 is 0. The maximum atomic E-state index is 17.4. The number of ether oxygens (including phenoxy) is 4. The molecule has 12 heteroatoms. The van der Waals surface area contributed by atoms with Gasteiger partial charge in [0, 0.05) is 42.7 Å². The average Bonchev–Trinajstić information content (AvgIpc) is 3.44. The zero-order valence-electron chi connectivity index (χ0n) is 31.4. The van der Waals surface area contributed by atoms with E-state index >= 15 is 8.78 Å². The lowest BCUT2D eigenvalue weighted by Gasteiger charge is -2.46. The molecule has 10 nitrogen and oxygen atoms in total. The molecule has 5 atom stereocenters. The smallest absolute Gasteiger partial charge is 0.225 e. The summed E-state index contributed by atoms with van der Waals surface area (Å²) in [6.45, 7) is 9.17. The standard InChI is InChI=1S/C42H50F2N4O6/c1-4-26-31(43)9-8-24-15-25(49)16-27(35(24)26)38-37(44)39-36(40(46-38)51-3)32(48-13-14-52-22-41(2,50)21-48)17-34(45-39)54-23-42-10-5-7-33(42)47(12-6-11-42)18-28-29-19-53-20-30(28)29/h8-9,15-17,28-30,33,49-50H,4-7,10-14,18-23H2,1-3H3. The van der Waals surface area contributed by atoms with E-state index in [1.165, 1.54) is 25.3 Å². The summed E-state index contributed by atoms with van der Waals surface area (Å²) in [7, 11) is 1.47. The minimum absolute atomic E-state index is 0.0201. The Hall–Kier alpha value is -3.84. The number of hydrogen-bond donors (Lipinski definition) is 2. The molecular formula is C42H50F2N4O6. The van der Waals surface area contributed by atoms with Crippen LogP contribution in [0, 0.1) is 34.8 Å². The minimum atomic E-state index is -1.18. The van der Waals surface area contributed by atoms with E-state index in [0.717, 1.165) is 64.3 Å². The van der Waals surface area contributed by atoms with E-state index in [-0.39, 0.29) is 52.9 Å². The maximum absolute atomic E-state index is 17.4. The zero-order chi connectivity index (χ0) is 37.4.